The molecule has 1 aliphatic rings. The van der Waals surface area contributed by atoms with Crippen LogP contribution in [0.25, 0.3) is 22.0 Å². The fourth-order valence-electron chi connectivity index (χ4n) is 5.11. The number of fused-ring (bicyclic) bond motifs is 2. The molecule has 3 aromatic carbocycles. The van der Waals surface area contributed by atoms with Crippen molar-refractivity contribution in [2.24, 2.45) is 0 Å². The van der Waals surface area contributed by atoms with Gasteiger partial charge in [-0.25, -0.2) is 0 Å². The smallest absolute Gasteiger partial charge is 0.310 e. The third-order valence-corrected chi connectivity index (χ3v) is 8.44. The second-order valence-corrected chi connectivity index (χ2v) is 10.9. The van der Waals surface area contributed by atoms with Crippen LogP contribution in [0.1, 0.15) is 29.5 Å². The highest BCUT2D eigenvalue weighted by Crippen LogP contribution is 2.43. The van der Waals surface area contributed by atoms with Gasteiger partial charge in [-0.1, -0.05) is 23.7 Å². The van der Waals surface area contributed by atoms with Crippen LogP contribution in [0.2, 0.25) is 5.02 Å². The second-order valence-electron chi connectivity index (χ2n) is 9.36. The fraction of sp³-hybridized carbons (Fsp3) is 0.250. The number of aromatic nitrogens is 1. The Kier molecular flexibility index (Phi) is 7.33. The zero-order chi connectivity index (χ0) is 27.8. The van der Waals surface area contributed by atoms with Gasteiger partial charge in [-0.15, -0.1) is 11.8 Å². The topological polar surface area (TPSA) is 118 Å². The maximum Gasteiger partial charge on any atom is 0.310 e. The van der Waals surface area contributed by atoms with Crippen LogP contribution in [0.3, 0.4) is 0 Å². The lowest BCUT2D eigenvalue weighted by Gasteiger charge is -2.14. The van der Waals surface area contributed by atoms with Crippen molar-refractivity contribution in [1.29, 1.82) is 0 Å². The molecule has 0 saturated heterocycles. The SMILES string of the molecule is CCOC(=O)Cc1cn(CC2CSc3ccc(Cl)cc32)c2cc(-c3cc([N+](=O)[O-])cc([N+](=O)[O-])c3C)ccc12. The molecule has 0 saturated carbocycles. The number of non-ortho nitro benzene ring substituents is 1. The van der Waals surface area contributed by atoms with Gasteiger partial charge in [-0.3, -0.25) is 25.0 Å². The highest BCUT2D eigenvalue weighted by Gasteiger charge is 2.26. The van der Waals surface area contributed by atoms with E-state index in [1.807, 2.05) is 36.5 Å². The Balaban J connectivity index is 1.64. The van der Waals surface area contributed by atoms with Gasteiger partial charge in [0.15, 0.2) is 0 Å². The summed E-state index contributed by atoms with van der Waals surface area (Å²) in [5, 5.41) is 24.7. The van der Waals surface area contributed by atoms with Gasteiger partial charge < -0.3 is 9.30 Å². The molecule has 5 rings (SSSR count). The minimum absolute atomic E-state index is 0.0971. The number of rotatable bonds is 8. The van der Waals surface area contributed by atoms with Crippen molar-refractivity contribution < 1.29 is 19.4 Å². The highest BCUT2D eigenvalue weighted by molar-refractivity contribution is 7.99. The number of nitrogens with zero attached hydrogens (tertiary/aromatic N) is 3. The van der Waals surface area contributed by atoms with E-state index in [9.17, 15) is 25.0 Å². The number of benzene rings is 3. The van der Waals surface area contributed by atoms with E-state index in [1.54, 1.807) is 31.7 Å². The van der Waals surface area contributed by atoms with Gasteiger partial charge in [0.2, 0.25) is 0 Å². The summed E-state index contributed by atoms with van der Waals surface area (Å²) in [6.45, 7) is 4.25. The molecule has 1 aromatic heterocycles. The Morgan fingerprint density at radius 3 is 2.64 bits per heavy atom. The highest BCUT2D eigenvalue weighted by atomic mass is 35.5. The number of halogens is 1. The largest absolute Gasteiger partial charge is 0.466 e. The van der Waals surface area contributed by atoms with Crippen molar-refractivity contribution in [3.05, 3.63) is 96.7 Å². The number of ether oxygens (including phenoxy) is 1. The molecule has 1 unspecified atom stereocenters. The Morgan fingerprint density at radius 1 is 1.13 bits per heavy atom. The van der Waals surface area contributed by atoms with Crippen molar-refractivity contribution >= 4 is 51.6 Å². The van der Waals surface area contributed by atoms with E-state index < -0.39 is 9.85 Å². The van der Waals surface area contributed by atoms with E-state index in [2.05, 4.69) is 4.57 Å². The molecule has 1 atom stereocenters. The van der Waals surface area contributed by atoms with Crippen molar-refractivity contribution in [2.45, 2.75) is 37.6 Å². The van der Waals surface area contributed by atoms with Gasteiger partial charge in [-0.2, -0.15) is 0 Å². The summed E-state index contributed by atoms with van der Waals surface area (Å²) in [4.78, 5) is 35.5. The second kappa shape index (κ2) is 10.7. The molecule has 0 N–H and O–H groups in total. The Labute approximate surface area is 233 Å². The Hall–Kier alpha value is -3.89. The van der Waals surface area contributed by atoms with Crippen LogP contribution in [0.5, 0.6) is 0 Å². The number of nitro groups is 2. The van der Waals surface area contributed by atoms with Gasteiger partial charge in [0.1, 0.15) is 0 Å². The average Bonchev–Trinajstić information content (AvgIpc) is 3.44. The minimum Gasteiger partial charge on any atom is -0.466 e. The molecule has 0 amide bonds. The van der Waals surface area contributed by atoms with Gasteiger partial charge in [-0.05, 0) is 60.4 Å². The third kappa shape index (κ3) is 5.22. The quantitative estimate of drug-likeness (QED) is 0.127. The van der Waals surface area contributed by atoms with E-state index >= 15 is 0 Å². The molecule has 0 spiro atoms. The summed E-state index contributed by atoms with van der Waals surface area (Å²) in [6, 6.07) is 13.7. The van der Waals surface area contributed by atoms with Gasteiger partial charge in [0.25, 0.3) is 11.4 Å². The van der Waals surface area contributed by atoms with Crippen molar-refractivity contribution in [3.63, 3.8) is 0 Å². The molecule has 0 fully saturated rings. The molecule has 4 aromatic rings. The van der Waals surface area contributed by atoms with E-state index in [-0.39, 0.29) is 36.3 Å². The zero-order valence-corrected chi connectivity index (χ0v) is 22.8. The normalized spacial score (nSPS) is 14.4. The summed E-state index contributed by atoms with van der Waals surface area (Å²) >= 11 is 8.06. The number of hydrogen-bond donors (Lipinski definition) is 0. The molecular formula is C28H24ClN3O6S. The van der Waals surface area contributed by atoms with Crippen LogP contribution >= 0.6 is 23.4 Å². The van der Waals surface area contributed by atoms with E-state index in [0.29, 0.717) is 28.3 Å². The first-order chi connectivity index (χ1) is 18.7. The first-order valence-electron chi connectivity index (χ1n) is 12.3. The summed E-state index contributed by atoms with van der Waals surface area (Å²) in [6.07, 6.45) is 2.04. The zero-order valence-electron chi connectivity index (χ0n) is 21.2. The molecule has 1 aliphatic heterocycles. The van der Waals surface area contributed by atoms with E-state index in [4.69, 9.17) is 16.3 Å². The number of carbonyl (C=O) groups excluding carboxylic acids is 1. The van der Waals surface area contributed by atoms with Gasteiger partial charge in [0.05, 0.1) is 28.9 Å². The van der Waals surface area contributed by atoms with Gasteiger partial charge >= 0.3 is 5.97 Å². The van der Waals surface area contributed by atoms with E-state index in [0.717, 1.165) is 28.3 Å². The Bertz CT molecular complexity index is 1650. The minimum atomic E-state index is -0.630. The number of nitro benzene ring substituents is 2. The summed E-state index contributed by atoms with van der Waals surface area (Å²) in [7, 11) is 0. The molecule has 39 heavy (non-hydrogen) atoms. The lowest BCUT2D eigenvalue weighted by Crippen LogP contribution is -2.09. The summed E-state index contributed by atoms with van der Waals surface area (Å²) < 4.78 is 7.26. The van der Waals surface area contributed by atoms with Crippen LogP contribution in [0.15, 0.2) is 59.6 Å². The molecule has 0 bridgehead atoms. The maximum atomic E-state index is 12.4. The standard InChI is InChI=1S/C28H24ClN3O6S/c1-3-38-28(33)9-18-13-30(14-19-15-39-27-7-5-20(29)10-24(19)27)26-8-17(4-6-22(18)26)23-11-21(31(34)35)12-25(16(23)2)32(36)37/h4-8,10-13,19H,3,9,14-15H2,1-2H3. The first-order valence-corrected chi connectivity index (χ1v) is 13.7. The van der Waals surface area contributed by atoms with Gasteiger partial charge in [0, 0.05) is 56.9 Å². The Morgan fingerprint density at radius 2 is 1.92 bits per heavy atom. The third-order valence-electron chi connectivity index (χ3n) is 6.96. The monoisotopic (exact) mass is 565 g/mol. The van der Waals surface area contributed by atoms with Crippen LogP contribution in [-0.4, -0.2) is 32.7 Å². The fourth-order valence-corrected chi connectivity index (χ4v) is 6.52. The molecule has 9 nitrogen and oxygen atoms in total. The predicted octanol–water partition coefficient (Wildman–Crippen LogP) is 7.08. The average molecular weight is 566 g/mol. The van der Waals surface area contributed by atoms with Crippen LogP contribution in [0.4, 0.5) is 11.4 Å². The maximum absolute atomic E-state index is 12.4. The number of thioether (sulfide) groups is 1. The molecule has 0 radical (unpaired) electrons. The molecule has 200 valence electrons. The van der Waals surface area contributed by atoms with Crippen molar-refractivity contribution in [2.75, 3.05) is 12.4 Å². The first kappa shape index (κ1) is 26.7. The number of hydrogen-bond acceptors (Lipinski definition) is 7. The van der Waals surface area contributed by atoms with Crippen molar-refractivity contribution in [3.8, 4) is 11.1 Å². The molecule has 11 heteroatoms. The van der Waals surface area contributed by atoms with Crippen LogP contribution < -0.4 is 0 Å². The number of carbonyl (C=O) groups is 1. The molecule has 2 heterocycles. The summed E-state index contributed by atoms with van der Waals surface area (Å²) in [5.41, 5.74) is 3.48. The lowest BCUT2D eigenvalue weighted by molar-refractivity contribution is -0.394. The van der Waals surface area contributed by atoms with Crippen LogP contribution in [-0.2, 0) is 22.5 Å². The number of esters is 1. The predicted molar refractivity (Wildman–Crippen MR) is 151 cm³/mol. The van der Waals surface area contributed by atoms with Crippen LogP contribution in [0, 0.1) is 27.2 Å². The lowest BCUT2D eigenvalue weighted by atomic mass is 9.96. The molecule has 0 aliphatic carbocycles. The summed E-state index contributed by atoms with van der Waals surface area (Å²) in [5.74, 6) is 0.719. The van der Waals surface area contributed by atoms with E-state index in [1.165, 1.54) is 16.5 Å². The molecular weight excluding hydrogens is 542 g/mol. The van der Waals surface area contributed by atoms with Crippen molar-refractivity contribution in [1.82, 2.24) is 4.57 Å².